The summed E-state index contributed by atoms with van der Waals surface area (Å²) < 4.78 is 39.3. The van der Waals surface area contributed by atoms with E-state index in [0.29, 0.717) is 13.1 Å². The Balaban J connectivity index is 1.65. The van der Waals surface area contributed by atoms with E-state index in [9.17, 15) is 23.1 Å². The number of nitrogens with zero attached hydrogens (tertiary/aromatic N) is 3. The van der Waals surface area contributed by atoms with Gasteiger partial charge >= 0.3 is 12.2 Å². The van der Waals surface area contributed by atoms with Gasteiger partial charge in [0, 0.05) is 32.4 Å². The number of nitrogens with one attached hydrogen (secondary N) is 1. The summed E-state index contributed by atoms with van der Waals surface area (Å²) in [5, 5.41) is 16.2. The van der Waals surface area contributed by atoms with E-state index < -0.39 is 18.2 Å². The smallest absolute Gasteiger partial charge is 0.383 e. The zero-order valence-corrected chi connectivity index (χ0v) is 13.6. The van der Waals surface area contributed by atoms with Crippen molar-refractivity contribution in [3.05, 3.63) is 18.0 Å². The number of carbonyl (C=O) groups is 1. The Labute approximate surface area is 138 Å². The fraction of sp³-hybridized carbons (Fsp3) is 0.733. The molecule has 0 unspecified atom stereocenters. The van der Waals surface area contributed by atoms with E-state index >= 15 is 0 Å². The van der Waals surface area contributed by atoms with Crippen molar-refractivity contribution in [2.24, 2.45) is 5.92 Å². The van der Waals surface area contributed by atoms with Crippen LogP contribution in [-0.2, 0) is 6.54 Å². The number of halogens is 3. The van der Waals surface area contributed by atoms with Crippen LogP contribution in [0.4, 0.5) is 18.0 Å². The molecule has 2 N–H and O–H groups in total. The zero-order valence-electron chi connectivity index (χ0n) is 13.6. The average molecular weight is 348 g/mol. The molecule has 2 rings (SSSR count). The minimum atomic E-state index is -4.60. The van der Waals surface area contributed by atoms with Crippen molar-refractivity contribution in [2.45, 2.75) is 45.0 Å². The van der Waals surface area contributed by atoms with Gasteiger partial charge in [-0.25, -0.2) is 4.79 Å². The fourth-order valence-corrected chi connectivity index (χ4v) is 2.82. The summed E-state index contributed by atoms with van der Waals surface area (Å²) in [7, 11) is 0. The molecule has 1 aliphatic rings. The largest absolute Gasteiger partial charge is 0.414 e. The number of amides is 2. The molecule has 0 saturated carbocycles. The minimum Gasteiger partial charge on any atom is -0.383 e. The highest BCUT2D eigenvalue weighted by molar-refractivity contribution is 5.74. The Bertz CT molecular complexity index is 539. The number of rotatable bonds is 5. The van der Waals surface area contributed by atoms with E-state index in [1.54, 1.807) is 10.9 Å². The lowest BCUT2D eigenvalue weighted by Gasteiger charge is -2.34. The Morgan fingerprint density at radius 1 is 1.46 bits per heavy atom. The van der Waals surface area contributed by atoms with Gasteiger partial charge in [-0.2, -0.15) is 18.3 Å². The van der Waals surface area contributed by atoms with Gasteiger partial charge in [0.1, 0.15) is 0 Å². The normalized spacial score (nSPS) is 17.8. The first-order valence-electron chi connectivity index (χ1n) is 8.04. The molecule has 1 aliphatic heterocycles. The van der Waals surface area contributed by atoms with Crippen LogP contribution in [0, 0.1) is 12.8 Å². The van der Waals surface area contributed by atoms with Crippen LogP contribution in [0.25, 0.3) is 0 Å². The van der Waals surface area contributed by atoms with Gasteiger partial charge in [0.05, 0.1) is 6.20 Å². The molecule has 1 aromatic heterocycles. The lowest BCUT2D eigenvalue weighted by atomic mass is 9.91. The van der Waals surface area contributed by atoms with Crippen molar-refractivity contribution in [3.8, 4) is 0 Å². The zero-order chi connectivity index (χ0) is 17.7. The third-order valence-electron chi connectivity index (χ3n) is 4.21. The van der Waals surface area contributed by atoms with Crippen LogP contribution in [-0.4, -0.2) is 57.7 Å². The lowest BCUT2D eigenvalue weighted by molar-refractivity contribution is -0.222. The van der Waals surface area contributed by atoms with Gasteiger partial charge in [-0.1, -0.05) is 0 Å². The number of aliphatic hydroxyl groups excluding tert-OH is 1. The van der Waals surface area contributed by atoms with Crippen molar-refractivity contribution in [1.82, 2.24) is 20.0 Å². The van der Waals surface area contributed by atoms with Gasteiger partial charge in [0.25, 0.3) is 0 Å². The van der Waals surface area contributed by atoms with E-state index in [1.165, 1.54) is 4.90 Å². The molecular formula is C15H23F3N4O2. The Hall–Kier alpha value is -1.77. The second-order valence-corrected chi connectivity index (χ2v) is 6.18. The molecular weight excluding hydrogens is 325 g/mol. The molecule has 0 radical (unpaired) electrons. The van der Waals surface area contributed by atoms with Crippen molar-refractivity contribution < 1.29 is 23.1 Å². The highest BCUT2D eigenvalue weighted by Crippen LogP contribution is 2.31. The van der Waals surface area contributed by atoms with Gasteiger partial charge in [0.2, 0.25) is 0 Å². The third kappa shape index (κ3) is 5.12. The highest BCUT2D eigenvalue weighted by atomic mass is 19.4. The van der Waals surface area contributed by atoms with Gasteiger partial charge in [0.15, 0.2) is 6.10 Å². The molecule has 1 aromatic rings. The number of aryl methyl sites for hydroxylation is 2. The van der Waals surface area contributed by atoms with Crippen molar-refractivity contribution in [2.75, 3.05) is 19.6 Å². The van der Waals surface area contributed by atoms with Gasteiger partial charge in [-0.15, -0.1) is 0 Å². The number of hydrogen-bond acceptors (Lipinski definition) is 3. The highest BCUT2D eigenvalue weighted by Gasteiger charge is 2.44. The number of urea groups is 1. The first-order valence-corrected chi connectivity index (χ1v) is 8.04. The van der Waals surface area contributed by atoms with Crippen LogP contribution in [0.1, 0.15) is 24.8 Å². The number of alkyl halides is 3. The summed E-state index contributed by atoms with van der Waals surface area (Å²) in [5.41, 5.74) is 1.07. The lowest BCUT2D eigenvalue weighted by Crippen LogP contribution is -2.48. The first-order chi connectivity index (χ1) is 11.3. The molecule has 1 atom stereocenters. The molecule has 136 valence electrons. The molecule has 24 heavy (non-hydrogen) atoms. The molecule has 0 spiro atoms. The summed E-state index contributed by atoms with van der Waals surface area (Å²) >= 11 is 0. The van der Waals surface area contributed by atoms with Gasteiger partial charge in [-0.3, -0.25) is 4.68 Å². The Kier molecular flexibility index (Phi) is 6.09. The SMILES string of the molecule is Cc1cnn(CCCNC(=O)N2CCC([C@@H](O)C(F)(F)F)CC2)c1. The number of likely N-dealkylation sites (tertiary alicyclic amines) is 1. The van der Waals surface area contributed by atoms with E-state index in [0.717, 1.165) is 12.0 Å². The second kappa shape index (κ2) is 7.87. The van der Waals surface area contributed by atoms with E-state index in [-0.39, 0.29) is 32.0 Å². The van der Waals surface area contributed by atoms with Crippen molar-refractivity contribution >= 4 is 6.03 Å². The van der Waals surface area contributed by atoms with Crippen LogP contribution >= 0.6 is 0 Å². The van der Waals surface area contributed by atoms with Crippen LogP contribution in [0.15, 0.2) is 12.4 Å². The fourth-order valence-electron chi connectivity index (χ4n) is 2.82. The summed E-state index contributed by atoms with van der Waals surface area (Å²) in [6.07, 6.45) is -2.20. The summed E-state index contributed by atoms with van der Waals surface area (Å²) in [6.45, 7) is 3.56. The van der Waals surface area contributed by atoms with Crippen molar-refractivity contribution in [3.63, 3.8) is 0 Å². The second-order valence-electron chi connectivity index (χ2n) is 6.18. The topological polar surface area (TPSA) is 70.4 Å². The molecule has 1 saturated heterocycles. The predicted molar refractivity (Wildman–Crippen MR) is 81.3 cm³/mol. The quantitative estimate of drug-likeness (QED) is 0.799. The van der Waals surface area contributed by atoms with E-state index in [2.05, 4.69) is 10.4 Å². The monoisotopic (exact) mass is 348 g/mol. The number of piperidine rings is 1. The predicted octanol–water partition coefficient (Wildman–Crippen LogP) is 1.93. The molecule has 2 heterocycles. The van der Waals surface area contributed by atoms with Crippen LogP contribution < -0.4 is 5.32 Å². The van der Waals surface area contributed by atoms with Crippen LogP contribution in [0.5, 0.6) is 0 Å². The molecule has 9 heteroatoms. The maximum absolute atomic E-state index is 12.5. The number of carbonyl (C=O) groups excluding carboxylic acids is 1. The molecule has 0 aromatic carbocycles. The summed E-state index contributed by atoms with van der Waals surface area (Å²) in [4.78, 5) is 13.5. The number of aliphatic hydroxyl groups is 1. The average Bonchev–Trinajstić information content (AvgIpc) is 2.95. The third-order valence-corrected chi connectivity index (χ3v) is 4.21. The standard InChI is InChI=1S/C15H23F3N4O2/c1-11-9-20-22(10-11)6-2-5-19-14(24)21-7-3-12(4-8-21)13(23)15(16,17)18/h9-10,12-13,23H,2-8H2,1H3,(H,19,24)/t13-/m1/s1. The number of hydrogen-bond donors (Lipinski definition) is 2. The van der Waals surface area contributed by atoms with Gasteiger partial charge < -0.3 is 15.3 Å². The minimum absolute atomic E-state index is 0.153. The maximum Gasteiger partial charge on any atom is 0.414 e. The summed E-state index contributed by atoms with van der Waals surface area (Å²) in [6, 6.07) is -0.272. The Morgan fingerprint density at radius 3 is 2.67 bits per heavy atom. The van der Waals surface area contributed by atoms with Crippen LogP contribution in [0.2, 0.25) is 0 Å². The summed E-state index contributed by atoms with van der Waals surface area (Å²) in [5.74, 6) is -0.836. The molecule has 1 fully saturated rings. The molecule has 0 aliphatic carbocycles. The Morgan fingerprint density at radius 2 is 2.12 bits per heavy atom. The number of aromatic nitrogens is 2. The maximum atomic E-state index is 12.5. The van der Waals surface area contributed by atoms with E-state index in [4.69, 9.17) is 0 Å². The first kappa shape index (κ1) is 18.6. The molecule has 2 amide bonds. The molecule has 0 bridgehead atoms. The molecule has 6 nitrogen and oxygen atoms in total. The van der Waals surface area contributed by atoms with Crippen LogP contribution in [0.3, 0.4) is 0 Å². The van der Waals surface area contributed by atoms with Crippen molar-refractivity contribution in [1.29, 1.82) is 0 Å². The van der Waals surface area contributed by atoms with Gasteiger partial charge in [-0.05, 0) is 37.7 Å². The van der Waals surface area contributed by atoms with E-state index in [1.807, 2.05) is 13.1 Å².